The maximum atomic E-state index is 13.1. The Morgan fingerprint density at radius 2 is 1.96 bits per heavy atom. The fourth-order valence-corrected chi connectivity index (χ4v) is 3.49. The van der Waals surface area contributed by atoms with Crippen molar-refractivity contribution in [1.29, 1.82) is 0 Å². The topological polar surface area (TPSA) is 36.1 Å². The molecule has 0 radical (unpaired) electrons. The number of H-pyrrole nitrogens is 1. The Labute approximate surface area is 132 Å². The van der Waals surface area contributed by atoms with Gasteiger partial charge >= 0.3 is 6.18 Å². The summed E-state index contributed by atoms with van der Waals surface area (Å²) in [5.74, 6) is -0.560. The Morgan fingerprint density at radius 1 is 1.26 bits per heavy atom. The first-order valence-corrected chi connectivity index (χ1v) is 7.67. The summed E-state index contributed by atoms with van der Waals surface area (Å²) in [5.41, 5.74) is 3.84. The van der Waals surface area contributed by atoms with Gasteiger partial charge in [0, 0.05) is 17.4 Å². The highest BCUT2D eigenvalue weighted by Gasteiger charge is 2.48. The van der Waals surface area contributed by atoms with Crippen LogP contribution in [-0.2, 0) is 0 Å². The van der Waals surface area contributed by atoms with Crippen LogP contribution in [0.3, 0.4) is 0 Å². The third-order valence-corrected chi connectivity index (χ3v) is 4.61. The fourth-order valence-electron chi connectivity index (χ4n) is 3.49. The zero-order chi connectivity index (χ0) is 16.9. The number of aryl methyl sites for hydroxylation is 3. The van der Waals surface area contributed by atoms with Gasteiger partial charge in [-0.25, -0.2) is 0 Å². The molecule has 1 amide bonds. The van der Waals surface area contributed by atoms with E-state index in [1.54, 1.807) is 6.92 Å². The van der Waals surface area contributed by atoms with Crippen molar-refractivity contribution in [3.8, 4) is 0 Å². The normalized spacial score (nSPS) is 18.9. The van der Waals surface area contributed by atoms with Crippen LogP contribution in [0.4, 0.5) is 13.2 Å². The van der Waals surface area contributed by atoms with Crippen LogP contribution >= 0.6 is 0 Å². The van der Waals surface area contributed by atoms with Crippen LogP contribution < -0.4 is 0 Å². The number of alkyl halides is 3. The van der Waals surface area contributed by atoms with Crippen molar-refractivity contribution in [2.75, 3.05) is 6.54 Å². The number of carbonyl (C=O) groups excluding carboxylic acids is 1. The number of carbonyl (C=O) groups is 1. The molecule has 1 saturated heterocycles. The van der Waals surface area contributed by atoms with E-state index in [0.717, 1.165) is 26.9 Å². The highest BCUT2D eigenvalue weighted by molar-refractivity contribution is 6.02. The Hall–Kier alpha value is -1.98. The molecule has 23 heavy (non-hydrogen) atoms. The number of halogens is 3. The number of aromatic nitrogens is 1. The number of hydrogen-bond donors (Lipinski definition) is 1. The van der Waals surface area contributed by atoms with Crippen LogP contribution in [0.1, 0.15) is 40.0 Å². The van der Waals surface area contributed by atoms with Gasteiger partial charge < -0.3 is 9.88 Å². The first-order chi connectivity index (χ1) is 10.7. The second-order valence-electron chi connectivity index (χ2n) is 6.33. The van der Waals surface area contributed by atoms with Crippen molar-refractivity contribution in [3.05, 3.63) is 34.5 Å². The monoisotopic (exact) mass is 324 g/mol. The molecular weight excluding hydrogens is 305 g/mol. The van der Waals surface area contributed by atoms with Gasteiger partial charge in [0.25, 0.3) is 5.91 Å². The Kier molecular flexibility index (Phi) is 3.65. The molecule has 6 heteroatoms. The van der Waals surface area contributed by atoms with Gasteiger partial charge in [-0.2, -0.15) is 13.2 Å². The minimum absolute atomic E-state index is 0.0212. The van der Waals surface area contributed by atoms with Gasteiger partial charge in [-0.15, -0.1) is 0 Å². The lowest BCUT2D eigenvalue weighted by atomic mass is 10.1. The minimum atomic E-state index is -4.38. The summed E-state index contributed by atoms with van der Waals surface area (Å²) in [6.45, 7) is 5.81. The quantitative estimate of drug-likeness (QED) is 0.836. The number of nitrogens with zero attached hydrogens (tertiary/aromatic N) is 1. The lowest BCUT2D eigenvalue weighted by Crippen LogP contribution is -2.44. The van der Waals surface area contributed by atoms with E-state index in [2.05, 4.69) is 4.98 Å². The molecule has 2 heterocycles. The average Bonchev–Trinajstić information content (AvgIpc) is 3.04. The smallest absolute Gasteiger partial charge is 0.350 e. The largest absolute Gasteiger partial charge is 0.408 e. The van der Waals surface area contributed by atoms with E-state index < -0.39 is 18.1 Å². The summed E-state index contributed by atoms with van der Waals surface area (Å²) in [4.78, 5) is 16.7. The van der Waals surface area contributed by atoms with Crippen LogP contribution in [0.2, 0.25) is 0 Å². The summed E-state index contributed by atoms with van der Waals surface area (Å²) in [6, 6.07) is 2.26. The SMILES string of the molecule is Cc1cc(C)c2[nH]c(C(=O)N3CCC[C@H]3C(F)(F)F)c(C)c2c1. The molecule has 1 aromatic carbocycles. The molecule has 0 bridgehead atoms. The Morgan fingerprint density at radius 3 is 2.61 bits per heavy atom. The summed E-state index contributed by atoms with van der Waals surface area (Å²) >= 11 is 0. The molecule has 1 aliphatic heterocycles. The predicted octanol–water partition coefficient (Wildman–Crippen LogP) is 4.26. The molecule has 2 aromatic rings. The molecule has 3 rings (SSSR count). The van der Waals surface area contributed by atoms with Crippen LogP contribution in [0.25, 0.3) is 10.9 Å². The van der Waals surface area contributed by atoms with Crippen molar-refractivity contribution in [1.82, 2.24) is 9.88 Å². The second kappa shape index (κ2) is 5.28. The van der Waals surface area contributed by atoms with Crippen molar-refractivity contribution >= 4 is 16.8 Å². The molecule has 0 saturated carbocycles. The number of aromatic amines is 1. The number of benzene rings is 1. The molecular formula is C17H19F3N2O. The average molecular weight is 324 g/mol. The minimum Gasteiger partial charge on any atom is -0.350 e. The van der Waals surface area contributed by atoms with Crippen molar-refractivity contribution in [3.63, 3.8) is 0 Å². The maximum absolute atomic E-state index is 13.1. The number of nitrogens with one attached hydrogen (secondary N) is 1. The molecule has 1 aliphatic rings. The zero-order valence-corrected chi connectivity index (χ0v) is 13.3. The summed E-state index contributed by atoms with van der Waals surface area (Å²) in [5, 5.41) is 0.897. The standard InChI is InChI=1S/C17H19F3N2O/c1-9-7-10(2)14-12(8-9)11(3)15(21-14)16(23)22-6-4-5-13(22)17(18,19)20/h7-8,13,21H,4-6H2,1-3H3/t13-/m0/s1. The van der Waals surface area contributed by atoms with Gasteiger partial charge in [-0.05, 0) is 50.8 Å². The fraction of sp³-hybridized carbons (Fsp3) is 0.471. The van der Waals surface area contributed by atoms with E-state index in [-0.39, 0.29) is 18.7 Å². The molecule has 0 spiro atoms. The molecule has 1 fully saturated rings. The van der Waals surface area contributed by atoms with Crippen LogP contribution in [0.15, 0.2) is 12.1 Å². The van der Waals surface area contributed by atoms with E-state index in [4.69, 9.17) is 0 Å². The van der Waals surface area contributed by atoms with Gasteiger partial charge in [0.1, 0.15) is 11.7 Å². The van der Waals surface area contributed by atoms with E-state index >= 15 is 0 Å². The van der Waals surface area contributed by atoms with Crippen LogP contribution in [0, 0.1) is 20.8 Å². The van der Waals surface area contributed by atoms with Crippen molar-refractivity contribution < 1.29 is 18.0 Å². The second-order valence-corrected chi connectivity index (χ2v) is 6.33. The number of likely N-dealkylation sites (tertiary alicyclic amines) is 1. The highest BCUT2D eigenvalue weighted by atomic mass is 19.4. The summed E-state index contributed by atoms with van der Waals surface area (Å²) in [6.07, 6.45) is -4.02. The van der Waals surface area contributed by atoms with E-state index in [0.29, 0.717) is 12.0 Å². The van der Waals surface area contributed by atoms with E-state index in [9.17, 15) is 18.0 Å². The van der Waals surface area contributed by atoms with E-state index in [1.807, 2.05) is 26.0 Å². The molecule has 1 aromatic heterocycles. The Bertz CT molecular complexity index is 776. The van der Waals surface area contributed by atoms with Crippen LogP contribution in [0.5, 0.6) is 0 Å². The van der Waals surface area contributed by atoms with Gasteiger partial charge in [0.05, 0.1) is 0 Å². The molecule has 0 unspecified atom stereocenters. The Balaban J connectivity index is 2.05. The molecule has 1 atom stereocenters. The number of fused-ring (bicyclic) bond motifs is 1. The van der Waals surface area contributed by atoms with Crippen LogP contribution in [-0.4, -0.2) is 34.6 Å². The molecule has 124 valence electrons. The molecule has 1 N–H and O–H groups in total. The van der Waals surface area contributed by atoms with Crippen molar-refractivity contribution in [2.24, 2.45) is 0 Å². The summed E-state index contributed by atoms with van der Waals surface area (Å²) in [7, 11) is 0. The number of rotatable bonds is 1. The van der Waals surface area contributed by atoms with Gasteiger partial charge in [-0.3, -0.25) is 4.79 Å². The van der Waals surface area contributed by atoms with E-state index in [1.165, 1.54) is 0 Å². The van der Waals surface area contributed by atoms with Gasteiger partial charge in [0.15, 0.2) is 0 Å². The van der Waals surface area contributed by atoms with Gasteiger partial charge in [-0.1, -0.05) is 11.6 Å². The predicted molar refractivity (Wildman–Crippen MR) is 82.6 cm³/mol. The highest BCUT2D eigenvalue weighted by Crippen LogP contribution is 2.35. The third-order valence-electron chi connectivity index (χ3n) is 4.61. The lowest BCUT2D eigenvalue weighted by molar-refractivity contribution is -0.169. The summed E-state index contributed by atoms with van der Waals surface area (Å²) < 4.78 is 39.3. The number of amides is 1. The first kappa shape index (κ1) is 15.9. The number of hydrogen-bond acceptors (Lipinski definition) is 1. The first-order valence-electron chi connectivity index (χ1n) is 7.67. The molecule has 0 aliphatic carbocycles. The lowest BCUT2D eigenvalue weighted by Gasteiger charge is -2.26. The zero-order valence-electron chi connectivity index (χ0n) is 13.3. The van der Waals surface area contributed by atoms with Crippen molar-refractivity contribution in [2.45, 2.75) is 45.8 Å². The van der Waals surface area contributed by atoms with Gasteiger partial charge in [0.2, 0.25) is 0 Å². The molecule has 3 nitrogen and oxygen atoms in total. The maximum Gasteiger partial charge on any atom is 0.408 e. The third kappa shape index (κ3) is 2.60.